The number of fused-ring (bicyclic) bond motifs is 1. The average Bonchev–Trinajstić information content (AvgIpc) is 2.79. The minimum atomic E-state index is -0.787. The molecule has 0 aliphatic carbocycles. The SMILES string of the molecule is Cc1ncc(CN2CCCc3ccc(CC(=O)O)cc32)n1C. The van der Waals surface area contributed by atoms with Crippen molar-refractivity contribution in [2.45, 2.75) is 32.7 Å². The number of hydrogen-bond acceptors (Lipinski definition) is 3. The first-order valence-electron chi connectivity index (χ1n) is 7.60. The second-order valence-electron chi connectivity index (χ2n) is 5.91. The molecule has 1 N–H and O–H groups in total. The standard InChI is InChI=1S/C17H21N3O2/c1-12-18-10-15(19(12)2)11-20-7-3-4-14-6-5-13(8-16(14)20)9-17(21)22/h5-6,8,10H,3-4,7,9,11H2,1-2H3,(H,21,22). The van der Waals surface area contributed by atoms with Gasteiger partial charge in [-0.25, -0.2) is 4.98 Å². The Bertz CT molecular complexity index is 706. The van der Waals surface area contributed by atoms with Crippen LogP contribution in [0.25, 0.3) is 0 Å². The number of benzene rings is 1. The van der Waals surface area contributed by atoms with Crippen LogP contribution in [0.2, 0.25) is 0 Å². The van der Waals surface area contributed by atoms with Gasteiger partial charge in [-0.05, 0) is 37.0 Å². The molecule has 5 nitrogen and oxygen atoms in total. The van der Waals surface area contributed by atoms with Crippen molar-refractivity contribution >= 4 is 11.7 Å². The van der Waals surface area contributed by atoms with Gasteiger partial charge in [-0.15, -0.1) is 0 Å². The van der Waals surface area contributed by atoms with Gasteiger partial charge in [-0.2, -0.15) is 0 Å². The number of aryl methyl sites for hydroxylation is 2. The molecule has 2 aromatic rings. The summed E-state index contributed by atoms with van der Waals surface area (Å²) in [5.74, 6) is 0.219. The number of nitrogens with zero attached hydrogens (tertiary/aromatic N) is 3. The van der Waals surface area contributed by atoms with Crippen molar-refractivity contribution in [1.82, 2.24) is 9.55 Å². The highest BCUT2D eigenvalue weighted by molar-refractivity contribution is 5.71. The monoisotopic (exact) mass is 299 g/mol. The molecule has 0 atom stereocenters. The van der Waals surface area contributed by atoms with Crippen molar-refractivity contribution in [2.75, 3.05) is 11.4 Å². The topological polar surface area (TPSA) is 58.4 Å². The van der Waals surface area contributed by atoms with Crippen LogP contribution < -0.4 is 4.90 Å². The van der Waals surface area contributed by atoms with Gasteiger partial charge in [0.1, 0.15) is 5.82 Å². The smallest absolute Gasteiger partial charge is 0.307 e. The molecule has 0 fully saturated rings. The van der Waals surface area contributed by atoms with Crippen LogP contribution in [-0.2, 0) is 31.2 Å². The van der Waals surface area contributed by atoms with Crippen LogP contribution in [0.3, 0.4) is 0 Å². The summed E-state index contributed by atoms with van der Waals surface area (Å²) in [7, 11) is 2.03. The molecule has 1 aliphatic rings. The maximum absolute atomic E-state index is 10.9. The van der Waals surface area contributed by atoms with Crippen LogP contribution >= 0.6 is 0 Å². The quantitative estimate of drug-likeness (QED) is 0.941. The van der Waals surface area contributed by atoms with E-state index in [2.05, 4.69) is 20.5 Å². The van der Waals surface area contributed by atoms with Crippen LogP contribution in [-0.4, -0.2) is 27.2 Å². The van der Waals surface area contributed by atoms with Gasteiger partial charge in [-0.3, -0.25) is 4.79 Å². The Balaban J connectivity index is 1.89. The lowest BCUT2D eigenvalue weighted by Crippen LogP contribution is -2.29. The predicted molar refractivity (Wildman–Crippen MR) is 85.1 cm³/mol. The number of carboxylic acids is 1. The van der Waals surface area contributed by atoms with Crippen molar-refractivity contribution < 1.29 is 9.90 Å². The lowest BCUT2D eigenvalue weighted by molar-refractivity contribution is -0.136. The summed E-state index contributed by atoms with van der Waals surface area (Å²) in [6, 6.07) is 6.05. The van der Waals surface area contributed by atoms with E-state index in [9.17, 15) is 4.79 Å². The second-order valence-corrected chi connectivity index (χ2v) is 5.91. The number of carboxylic acid groups (broad SMARTS) is 1. The third kappa shape index (κ3) is 2.84. The number of imidazole rings is 1. The van der Waals surface area contributed by atoms with E-state index in [1.54, 1.807) is 0 Å². The van der Waals surface area contributed by atoms with E-state index in [1.807, 2.05) is 32.3 Å². The molecular formula is C17H21N3O2. The van der Waals surface area contributed by atoms with Gasteiger partial charge in [0.15, 0.2) is 0 Å². The maximum atomic E-state index is 10.9. The maximum Gasteiger partial charge on any atom is 0.307 e. The Labute approximate surface area is 130 Å². The zero-order chi connectivity index (χ0) is 15.7. The van der Waals surface area contributed by atoms with Crippen LogP contribution in [0.1, 0.15) is 29.1 Å². The van der Waals surface area contributed by atoms with E-state index in [-0.39, 0.29) is 6.42 Å². The summed E-state index contributed by atoms with van der Waals surface area (Å²) >= 11 is 0. The Morgan fingerprint density at radius 1 is 1.41 bits per heavy atom. The van der Waals surface area contributed by atoms with Gasteiger partial charge in [0.05, 0.1) is 24.9 Å². The van der Waals surface area contributed by atoms with E-state index in [1.165, 1.54) is 16.9 Å². The number of anilines is 1. The first kappa shape index (κ1) is 14.6. The lowest BCUT2D eigenvalue weighted by atomic mass is 9.98. The van der Waals surface area contributed by atoms with Gasteiger partial charge < -0.3 is 14.6 Å². The third-order valence-corrected chi connectivity index (χ3v) is 4.39. The third-order valence-electron chi connectivity index (χ3n) is 4.39. The number of aliphatic carboxylic acids is 1. The zero-order valence-corrected chi connectivity index (χ0v) is 13.0. The van der Waals surface area contributed by atoms with Crippen molar-refractivity contribution in [3.05, 3.63) is 47.0 Å². The summed E-state index contributed by atoms with van der Waals surface area (Å²) < 4.78 is 2.11. The van der Waals surface area contributed by atoms with Gasteiger partial charge >= 0.3 is 5.97 Å². The molecule has 0 unspecified atom stereocenters. The molecule has 0 amide bonds. The van der Waals surface area contributed by atoms with E-state index < -0.39 is 5.97 Å². The highest BCUT2D eigenvalue weighted by Crippen LogP contribution is 2.29. The fourth-order valence-corrected chi connectivity index (χ4v) is 3.04. The minimum Gasteiger partial charge on any atom is -0.481 e. The summed E-state index contributed by atoms with van der Waals surface area (Å²) in [6.07, 6.45) is 4.18. The molecule has 5 heteroatoms. The Morgan fingerprint density at radius 2 is 2.23 bits per heavy atom. The average molecular weight is 299 g/mol. The van der Waals surface area contributed by atoms with Crippen LogP contribution in [0.5, 0.6) is 0 Å². The molecule has 0 bridgehead atoms. The van der Waals surface area contributed by atoms with Crippen LogP contribution in [0.4, 0.5) is 5.69 Å². The van der Waals surface area contributed by atoms with Crippen LogP contribution in [0, 0.1) is 6.92 Å². The number of hydrogen-bond donors (Lipinski definition) is 1. The van der Waals surface area contributed by atoms with E-state index >= 15 is 0 Å². The molecule has 0 spiro atoms. The van der Waals surface area contributed by atoms with Gasteiger partial charge in [-0.1, -0.05) is 12.1 Å². The minimum absolute atomic E-state index is 0.0753. The Kier molecular flexibility index (Phi) is 3.88. The number of aromatic nitrogens is 2. The van der Waals surface area contributed by atoms with Crippen LogP contribution in [0.15, 0.2) is 24.4 Å². The number of carbonyl (C=O) groups is 1. The van der Waals surface area contributed by atoms with Crippen molar-refractivity contribution in [3.8, 4) is 0 Å². The molecule has 0 saturated carbocycles. The Morgan fingerprint density at radius 3 is 2.91 bits per heavy atom. The summed E-state index contributed by atoms with van der Waals surface area (Å²) in [4.78, 5) is 17.6. The molecular weight excluding hydrogens is 278 g/mol. The van der Waals surface area contributed by atoms with Crippen molar-refractivity contribution in [1.29, 1.82) is 0 Å². The molecule has 2 heterocycles. The second kappa shape index (κ2) is 5.83. The predicted octanol–water partition coefficient (Wildman–Crippen LogP) is 2.31. The van der Waals surface area contributed by atoms with Gasteiger partial charge in [0.25, 0.3) is 0 Å². The van der Waals surface area contributed by atoms with Gasteiger partial charge in [0, 0.05) is 19.3 Å². The van der Waals surface area contributed by atoms with E-state index in [4.69, 9.17) is 5.11 Å². The molecule has 0 saturated heterocycles. The summed E-state index contributed by atoms with van der Waals surface area (Å²) in [5, 5.41) is 8.99. The highest BCUT2D eigenvalue weighted by atomic mass is 16.4. The molecule has 1 aliphatic heterocycles. The fraction of sp³-hybridized carbons (Fsp3) is 0.412. The zero-order valence-electron chi connectivity index (χ0n) is 13.0. The van der Waals surface area contributed by atoms with E-state index in [0.29, 0.717) is 0 Å². The molecule has 1 aromatic carbocycles. The lowest BCUT2D eigenvalue weighted by Gasteiger charge is -2.31. The normalized spacial score (nSPS) is 14.0. The molecule has 0 radical (unpaired) electrons. The molecule has 1 aromatic heterocycles. The fourth-order valence-electron chi connectivity index (χ4n) is 3.04. The Hall–Kier alpha value is -2.30. The highest BCUT2D eigenvalue weighted by Gasteiger charge is 2.19. The van der Waals surface area contributed by atoms with Crippen molar-refractivity contribution in [2.24, 2.45) is 7.05 Å². The summed E-state index contributed by atoms with van der Waals surface area (Å²) in [5.41, 5.74) is 4.51. The van der Waals surface area contributed by atoms with E-state index in [0.717, 1.165) is 37.3 Å². The van der Waals surface area contributed by atoms with Gasteiger partial charge in [0.2, 0.25) is 0 Å². The van der Waals surface area contributed by atoms with Crippen molar-refractivity contribution in [3.63, 3.8) is 0 Å². The first-order valence-corrected chi connectivity index (χ1v) is 7.60. The molecule has 3 rings (SSSR count). The summed E-state index contributed by atoms with van der Waals surface area (Å²) in [6.45, 7) is 3.80. The number of rotatable bonds is 4. The first-order chi connectivity index (χ1) is 10.5. The molecule has 116 valence electrons. The molecule has 22 heavy (non-hydrogen) atoms. The largest absolute Gasteiger partial charge is 0.481 e.